The maximum absolute atomic E-state index is 12.8. The predicted molar refractivity (Wildman–Crippen MR) is 99.6 cm³/mol. The molecule has 2 aromatic heterocycles. The Hall–Kier alpha value is -2.21. The van der Waals surface area contributed by atoms with Crippen molar-refractivity contribution < 1.29 is 9.59 Å². The third kappa shape index (κ3) is 3.58. The predicted octanol–water partition coefficient (Wildman–Crippen LogP) is 3.30. The summed E-state index contributed by atoms with van der Waals surface area (Å²) in [4.78, 5) is 30.9. The second kappa shape index (κ2) is 7.35. The fourth-order valence-electron chi connectivity index (χ4n) is 3.45. The van der Waals surface area contributed by atoms with Crippen molar-refractivity contribution in [1.29, 1.82) is 0 Å². The summed E-state index contributed by atoms with van der Waals surface area (Å²) < 4.78 is 0. The molecule has 5 nitrogen and oxygen atoms in total. The molecule has 0 unspecified atom stereocenters. The SMILES string of the molecule is CNC(=O)C1(NC(=O)c2ccc(-c3cccs3)nc2C)CCCCC1. The van der Waals surface area contributed by atoms with Gasteiger partial charge in [-0.1, -0.05) is 25.3 Å². The summed E-state index contributed by atoms with van der Waals surface area (Å²) in [5.41, 5.74) is 1.26. The van der Waals surface area contributed by atoms with E-state index in [1.54, 1.807) is 24.5 Å². The maximum atomic E-state index is 12.8. The van der Waals surface area contributed by atoms with Crippen LogP contribution in [-0.4, -0.2) is 29.4 Å². The lowest BCUT2D eigenvalue weighted by molar-refractivity contribution is -0.128. The molecule has 0 radical (unpaired) electrons. The Morgan fingerprint density at radius 3 is 2.52 bits per heavy atom. The topological polar surface area (TPSA) is 71.1 Å². The number of hydrogen-bond donors (Lipinski definition) is 2. The number of nitrogens with one attached hydrogen (secondary N) is 2. The van der Waals surface area contributed by atoms with Crippen LogP contribution in [0.3, 0.4) is 0 Å². The summed E-state index contributed by atoms with van der Waals surface area (Å²) in [7, 11) is 1.62. The highest BCUT2D eigenvalue weighted by Crippen LogP contribution is 2.29. The number of amides is 2. The number of carbonyl (C=O) groups excluding carboxylic acids is 2. The minimum absolute atomic E-state index is 0.110. The van der Waals surface area contributed by atoms with Gasteiger partial charge < -0.3 is 10.6 Å². The number of aromatic nitrogens is 1. The van der Waals surface area contributed by atoms with Gasteiger partial charge >= 0.3 is 0 Å². The van der Waals surface area contributed by atoms with Crippen LogP contribution in [0.2, 0.25) is 0 Å². The lowest BCUT2D eigenvalue weighted by Crippen LogP contribution is -2.59. The largest absolute Gasteiger partial charge is 0.357 e. The molecule has 0 aliphatic heterocycles. The van der Waals surface area contributed by atoms with E-state index in [1.165, 1.54) is 0 Å². The molecule has 2 N–H and O–H groups in total. The molecule has 1 fully saturated rings. The first kappa shape index (κ1) is 17.6. The highest BCUT2D eigenvalue weighted by molar-refractivity contribution is 7.13. The Morgan fingerprint density at radius 2 is 1.92 bits per heavy atom. The monoisotopic (exact) mass is 357 g/mol. The van der Waals surface area contributed by atoms with Gasteiger partial charge in [-0.3, -0.25) is 14.6 Å². The third-order valence-corrected chi connectivity index (χ3v) is 5.72. The van der Waals surface area contributed by atoms with E-state index in [2.05, 4.69) is 15.6 Å². The van der Waals surface area contributed by atoms with E-state index >= 15 is 0 Å². The lowest BCUT2D eigenvalue weighted by Gasteiger charge is -2.36. The molecular formula is C19H23N3O2S. The first-order valence-electron chi connectivity index (χ1n) is 8.62. The molecule has 1 aliphatic carbocycles. The first-order chi connectivity index (χ1) is 12.1. The van der Waals surface area contributed by atoms with Crippen molar-refractivity contribution in [3.05, 3.63) is 40.9 Å². The summed E-state index contributed by atoms with van der Waals surface area (Å²) in [6, 6.07) is 7.65. The van der Waals surface area contributed by atoms with E-state index in [9.17, 15) is 9.59 Å². The number of carbonyl (C=O) groups is 2. The van der Waals surface area contributed by atoms with Crippen LogP contribution in [0.25, 0.3) is 10.6 Å². The summed E-state index contributed by atoms with van der Waals surface area (Å²) >= 11 is 1.62. The zero-order valence-electron chi connectivity index (χ0n) is 14.6. The van der Waals surface area contributed by atoms with Gasteiger partial charge in [0.25, 0.3) is 5.91 Å². The molecule has 0 spiro atoms. The number of hydrogen-bond acceptors (Lipinski definition) is 4. The molecule has 1 aliphatic rings. The zero-order valence-corrected chi connectivity index (χ0v) is 15.4. The van der Waals surface area contributed by atoms with Crippen molar-refractivity contribution in [2.45, 2.75) is 44.6 Å². The van der Waals surface area contributed by atoms with Gasteiger partial charge in [0.1, 0.15) is 5.54 Å². The van der Waals surface area contributed by atoms with Gasteiger partial charge in [0.2, 0.25) is 5.91 Å². The van der Waals surface area contributed by atoms with Crippen LogP contribution >= 0.6 is 11.3 Å². The van der Waals surface area contributed by atoms with Gasteiger partial charge in [-0.15, -0.1) is 11.3 Å². The minimum Gasteiger partial charge on any atom is -0.357 e. The number of nitrogens with zero attached hydrogens (tertiary/aromatic N) is 1. The average molecular weight is 357 g/mol. The Morgan fingerprint density at radius 1 is 1.16 bits per heavy atom. The minimum atomic E-state index is -0.803. The number of aryl methyl sites for hydroxylation is 1. The molecule has 25 heavy (non-hydrogen) atoms. The summed E-state index contributed by atoms with van der Waals surface area (Å²) in [5, 5.41) is 7.72. The van der Waals surface area contributed by atoms with Crippen molar-refractivity contribution in [2.75, 3.05) is 7.05 Å². The van der Waals surface area contributed by atoms with Crippen molar-refractivity contribution >= 4 is 23.2 Å². The Kier molecular flexibility index (Phi) is 5.18. The smallest absolute Gasteiger partial charge is 0.253 e. The van der Waals surface area contributed by atoms with Gasteiger partial charge in [0.05, 0.1) is 21.8 Å². The van der Waals surface area contributed by atoms with Gasteiger partial charge in [-0.25, -0.2) is 0 Å². The van der Waals surface area contributed by atoms with E-state index < -0.39 is 5.54 Å². The summed E-state index contributed by atoms with van der Waals surface area (Å²) in [6.45, 7) is 1.83. The molecule has 0 saturated heterocycles. The lowest BCUT2D eigenvalue weighted by atomic mass is 9.80. The van der Waals surface area contributed by atoms with Gasteiger partial charge in [0, 0.05) is 7.05 Å². The summed E-state index contributed by atoms with van der Waals surface area (Å²) in [6.07, 6.45) is 4.35. The fraction of sp³-hybridized carbons (Fsp3) is 0.421. The molecule has 3 rings (SSSR count). The summed E-state index contributed by atoms with van der Waals surface area (Å²) in [5.74, 6) is -0.338. The zero-order chi connectivity index (χ0) is 17.9. The molecule has 2 heterocycles. The average Bonchev–Trinajstić information content (AvgIpc) is 3.16. The van der Waals surface area contributed by atoms with E-state index in [4.69, 9.17) is 0 Å². The van der Waals surface area contributed by atoms with Crippen LogP contribution in [0.5, 0.6) is 0 Å². The van der Waals surface area contributed by atoms with Crippen LogP contribution < -0.4 is 10.6 Å². The van der Waals surface area contributed by atoms with Crippen LogP contribution in [0.4, 0.5) is 0 Å². The normalized spacial score (nSPS) is 16.2. The number of pyridine rings is 1. The van der Waals surface area contributed by atoms with E-state index in [0.717, 1.165) is 29.8 Å². The van der Waals surface area contributed by atoms with Crippen LogP contribution in [0, 0.1) is 6.92 Å². The van der Waals surface area contributed by atoms with Gasteiger partial charge in [-0.05, 0) is 43.3 Å². The molecule has 1 saturated carbocycles. The van der Waals surface area contributed by atoms with Crippen LogP contribution in [0.1, 0.15) is 48.2 Å². The Labute approximate surface area is 151 Å². The molecule has 2 aromatic rings. The van der Waals surface area contributed by atoms with Crippen molar-refractivity contribution in [3.8, 4) is 10.6 Å². The number of thiophene rings is 1. The molecule has 6 heteroatoms. The van der Waals surface area contributed by atoms with E-state index in [0.29, 0.717) is 24.1 Å². The molecular weight excluding hydrogens is 334 g/mol. The molecule has 2 amide bonds. The second-order valence-electron chi connectivity index (χ2n) is 6.48. The van der Waals surface area contributed by atoms with Gasteiger partial charge in [0.15, 0.2) is 0 Å². The first-order valence-corrected chi connectivity index (χ1v) is 9.50. The third-order valence-electron chi connectivity index (χ3n) is 4.83. The van der Waals surface area contributed by atoms with Crippen molar-refractivity contribution in [2.24, 2.45) is 0 Å². The number of likely N-dealkylation sites (N-methyl/N-ethyl adjacent to an activating group) is 1. The second-order valence-corrected chi connectivity index (χ2v) is 7.43. The van der Waals surface area contributed by atoms with Crippen molar-refractivity contribution in [3.63, 3.8) is 0 Å². The molecule has 0 atom stereocenters. The standard InChI is InChI=1S/C19H23N3O2S/c1-13-14(8-9-15(21-13)16-7-6-12-25-16)17(23)22-19(18(24)20-2)10-4-3-5-11-19/h6-9,12H,3-5,10-11H2,1-2H3,(H,20,24)(H,22,23). The highest BCUT2D eigenvalue weighted by Gasteiger charge is 2.40. The Balaban J connectivity index is 1.83. The number of rotatable bonds is 4. The molecule has 132 valence electrons. The molecule has 0 aromatic carbocycles. The van der Waals surface area contributed by atoms with E-state index in [-0.39, 0.29) is 11.8 Å². The fourth-order valence-corrected chi connectivity index (χ4v) is 4.15. The Bertz CT molecular complexity index is 765. The van der Waals surface area contributed by atoms with Gasteiger partial charge in [-0.2, -0.15) is 0 Å². The highest BCUT2D eigenvalue weighted by atomic mass is 32.1. The van der Waals surface area contributed by atoms with E-state index in [1.807, 2.05) is 30.5 Å². The molecule has 0 bridgehead atoms. The maximum Gasteiger partial charge on any atom is 0.253 e. The van der Waals surface area contributed by atoms with Crippen LogP contribution in [0.15, 0.2) is 29.6 Å². The van der Waals surface area contributed by atoms with Crippen molar-refractivity contribution in [1.82, 2.24) is 15.6 Å². The van der Waals surface area contributed by atoms with Crippen LogP contribution in [-0.2, 0) is 4.79 Å². The quantitative estimate of drug-likeness (QED) is 0.882.